The quantitative estimate of drug-likeness (QED) is 0.864. The molecule has 0 amide bonds. The van der Waals surface area contributed by atoms with Crippen LogP contribution in [0.2, 0.25) is 0 Å². The molecule has 3 rings (SSSR count). The Morgan fingerprint density at radius 1 is 1.00 bits per heavy atom. The molecule has 140 valence electrons. The maximum Gasteiger partial charge on any atom is 0.262 e. The van der Waals surface area contributed by atoms with Crippen LogP contribution >= 0.6 is 0 Å². The van der Waals surface area contributed by atoms with Gasteiger partial charge in [-0.3, -0.25) is 9.03 Å². The van der Waals surface area contributed by atoms with Gasteiger partial charge >= 0.3 is 0 Å². The first-order chi connectivity index (χ1) is 12.1. The van der Waals surface area contributed by atoms with Crippen LogP contribution in [0.5, 0.6) is 0 Å². The summed E-state index contributed by atoms with van der Waals surface area (Å²) in [7, 11) is -7.17. The van der Waals surface area contributed by atoms with Gasteiger partial charge < -0.3 is 0 Å². The van der Waals surface area contributed by atoms with Crippen LogP contribution in [0, 0.1) is 13.8 Å². The van der Waals surface area contributed by atoms with Crippen molar-refractivity contribution in [1.29, 1.82) is 0 Å². The van der Waals surface area contributed by atoms with E-state index in [-0.39, 0.29) is 4.90 Å². The second-order valence-corrected chi connectivity index (χ2v) is 10.2. The molecular weight excluding hydrogens is 372 g/mol. The molecule has 1 heterocycles. The first-order valence-electron chi connectivity index (χ1n) is 8.29. The van der Waals surface area contributed by atoms with Crippen molar-refractivity contribution >= 4 is 31.4 Å². The number of rotatable bonds is 4. The molecule has 26 heavy (non-hydrogen) atoms. The lowest BCUT2D eigenvalue weighted by atomic mass is 10.0. The van der Waals surface area contributed by atoms with Crippen LogP contribution in [0.25, 0.3) is 0 Å². The van der Waals surface area contributed by atoms with Gasteiger partial charge in [-0.05, 0) is 61.6 Å². The smallest absolute Gasteiger partial charge is 0.262 e. The first kappa shape index (κ1) is 18.7. The van der Waals surface area contributed by atoms with Crippen LogP contribution in [-0.2, 0) is 26.5 Å². The van der Waals surface area contributed by atoms with E-state index >= 15 is 0 Å². The number of aryl methyl sites for hydroxylation is 3. The number of benzene rings is 2. The van der Waals surface area contributed by atoms with Gasteiger partial charge in [-0.1, -0.05) is 18.2 Å². The lowest BCUT2D eigenvalue weighted by molar-refractivity contribution is 0.592. The summed E-state index contributed by atoms with van der Waals surface area (Å²) in [6.07, 6.45) is 2.67. The minimum atomic E-state index is -3.76. The molecule has 2 aromatic carbocycles. The molecule has 0 radical (unpaired) electrons. The standard InChI is InChI=1S/C18H22N2O4S2/c1-13-6-7-14(2)18(11-13)26(23,24)19-16-9-8-15-5-4-10-20(17(15)12-16)25(3,21)22/h6-9,11-12,19H,4-5,10H2,1-3H3. The highest BCUT2D eigenvalue weighted by molar-refractivity contribution is 7.93. The minimum Gasteiger partial charge on any atom is -0.280 e. The first-order valence-corrected chi connectivity index (χ1v) is 11.6. The van der Waals surface area contributed by atoms with Gasteiger partial charge in [0, 0.05) is 6.54 Å². The lowest BCUT2D eigenvalue weighted by Crippen LogP contribution is -2.34. The van der Waals surface area contributed by atoms with Crippen molar-refractivity contribution in [1.82, 2.24) is 0 Å². The van der Waals surface area contributed by atoms with Gasteiger partial charge in [0.05, 0.1) is 22.5 Å². The number of nitrogens with one attached hydrogen (secondary N) is 1. The third-order valence-electron chi connectivity index (χ3n) is 4.45. The van der Waals surface area contributed by atoms with Crippen LogP contribution in [0.1, 0.15) is 23.1 Å². The van der Waals surface area contributed by atoms with E-state index in [4.69, 9.17) is 0 Å². The lowest BCUT2D eigenvalue weighted by Gasteiger charge is -2.29. The highest BCUT2D eigenvalue weighted by Crippen LogP contribution is 2.32. The summed E-state index contributed by atoms with van der Waals surface area (Å²) in [5, 5.41) is 0. The van der Waals surface area contributed by atoms with E-state index in [0.29, 0.717) is 23.5 Å². The molecule has 0 unspecified atom stereocenters. The average molecular weight is 395 g/mol. The molecular formula is C18H22N2O4S2. The number of hydrogen-bond donors (Lipinski definition) is 1. The Hall–Kier alpha value is -2.06. The second kappa shape index (κ2) is 6.59. The maximum absolute atomic E-state index is 12.8. The molecule has 0 aromatic heterocycles. The molecule has 0 bridgehead atoms. The van der Waals surface area contributed by atoms with Crippen molar-refractivity contribution in [2.45, 2.75) is 31.6 Å². The maximum atomic E-state index is 12.8. The van der Waals surface area contributed by atoms with E-state index in [2.05, 4.69) is 4.72 Å². The Morgan fingerprint density at radius 2 is 1.73 bits per heavy atom. The van der Waals surface area contributed by atoms with E-state index < -0.39 is 20.0 Å². The second-order valence-electron chi connectivity index (χ2n) is 6.66. The Kier molecular flexibility index (Phi) is 4.74. The Bertz CT molecular complexity index is 1060. The van der Waals surface area contributed by atoms with E-state index in [1.54, 1.807) is 37.3 Å². The summed E-state index contributed by atoms with van der Waals surface area (Å²) >= 11 is 0. The summed E-state index contributed by atoms with van der Waals surface area (Å²) in [6.45, 7) is 3.98. The van der Waals surface area contributed by atoms with Gasteiger partial charge in [0.25, 0.3) is 10.0 Å². The molecule has 2 aromatic rings. The summed E-state index contributed by atoms with van der Waals surface area (Å²) in [5.41, 5.74) is 3.29. The molecule has 0 atom stereocenters. The fraction of sp³-hybridized carbons (Fsp3) is 0.333. The van der Waals surface area contributed by atoms with Crippen LogP contribution in [0.15, 0.2) is 41.3 Å². The summed E-state index contributed by atoms with van der Waals surface area (Å²) in [4.78, 5) is 0.218. The summed E-state index contributed by atoms with van der Waals surface area (Å²) in [6, 6.07) is 10.3. The highest BCUT2D eigenvalue weighted by Gasteiger charge is 2.25. The Morgan fingerprint density at radius 3 is 2.42 bits per heavy atom. The molecule has 1 aliphatic rings. The van der Waals surface area contributed by atoms with Crippen molar-refractivity contribution < 1.29 is 16.8 Å². The number of hydrogen-bond acceptors (Lipinski definition) is 4. The molecule has 1 N–H and O–H groups in total. The SMILES string of the molecule is Cc1ccc(C)c(S(=O)(=O)Nc2ccc3c(c2)N(S(C)(=O)=O)CCC3)c1. The number of fused-ring (bicyclic) bond motifs is 1. The predicted molar refractivity (Wildman–Crippen MR) is 104 cm³/mol. The van der Waals surface area contributed by atoms with Crippen LogP contribution in [-0.4, -0.2) is 29.6 Å². The topological polar surface area (TPSA) is 83.6 Å². The molecule has 6 nitrogen and oxygen atoms in total. The molecule has 0 saturated heterocycles. The zero-order valence-corrected chi connectivity index (χ0v) is 16.6. The zero-order chi connectivity index (χ0) is 19.1. The number of anilines is 2. The number of nitrogens with zero attached hydrogens (tertiary/aromatic N) is 1. The minimum absolute atomic E-state index is 0.218. The number of sulfonamides is 2. The predicted octanol–water partition coefficient (Wildman–Crippen LogP) is 2.82. The van der Waals surface area contributed by atoms with Crippen molar-refractivity contribution in [3.8, 4) is 0 Å². The fourth-order valence-electron chi connectivity index (χ4n) is 3.16. The largest absolute Gasteiger partial charge is 0.280 e. The average Bonchev–Trinajstić information content (AvgIpc) is 2.55. The van der Waals surface area contributed by atoms with Crippen LogP contribution in [0.3, 0.4) is 0 Å². The van der Waals surface area contributed by atoms with E-state index in [9.17, 15) is 16.8 Å². The van der Waals surface area contributed by atoms with Crippen molar-refractivity contribution in [3.05, 3.63) is 53.1 Å². The van der Waals surface area contributed by atoms with Gasteiger partial charge in [0.1, 0.15) is 0 Å². The summed E-state index contributed by atoms with van der Waals surface area (Å²) in [5.74, 6) is 0. The Balaban J connectivity index is 2.00. The van der Waals surface area contributed by atoms with Gasteiger partial charge in [0.2, 0.25) is 10.0 Å². The molecule has 0 saturated carbocycles. The zero-order valence-electron chi connectivity index (χ0n) is 15.0. The molecule has 1 aliphatic heterocycles. The molecule has 8 heteroatoms. The molecule has 0 aliphatic carbocycles. The summed E-state index contributed by atoms with van der Waals surface area (Å²) < 4.78 is 53.5. The van der Waals surface area contributed by atoms with Crippen molar-refractivity contribution in [3.63, 3.8) is 0 Å². The monoisotopic (exact) mass is 394 g/mol. The molecule has 0 fully saturated rings. The van der Waals surface area contributed by atoms with Crippen LogP contribution < -0.4 is 9.03 Å². The van der Waals surface area contributed by atoms with Gasteiger partial charge in [-0.25, -0.2) is 16.8 Å². The van der Waals surface area contributed by atoms with Crippen molar-refractivity contribution in [2.24, 2.45) is 0 Å². The van der Waals surface area contributed by atoms with E-state index in [0.717, 1.165) is 30.2 Å². The highest BCUT2D eigenvalue weighted by atomic mass is 32.2. The van der Waals surface area contributed by atoms with Gasteiger partial charge in [-0.15, -0.1) is 0 Å². The van der Waals surface area contributed by atoms with E-state index in [1.807, 2.05) is 13.0 Å². The Labute approximate surface area is 155 Å². The van der Waals surface area contributed by atoms with Crippen molar-refractivity contribution in [2.75, 3.05) is 21.8 Å². The third-order valence-corrected chi connectivity index (χ3v) is 7.15. The van der Waals surface area contributed by atoms with Gasteiger partial charge in [0.15, 0.2) is 0 Å². The van der Waals surface area contributed by atoms with Gasteiger partial charge in [-0.2, -0.15) is 0 Å². The van der Waals surface area contributed by atoms with Crippen LogP contribution in [0.4, 0.5) is 11.4 Å². The normalized spacial score (nSPS) is 14.8. The molecule has 0 spiro atoms. The fourth-order valence-corrected chi connectivity index (χ4v) is 5.52. The third kappa shape index (κ3) is 3.71. The van der Waals surface area contributed by atoms with E-state index in [1.165, 1.54) is 4.31 Å².